The van der Waals surface area contributed by atoms with Crippen molar-refractivity contribution in [2.45, 2.75) is 26.9 Å². The number of hydrogen-bond donors (Lipinski definition) is 2. The molecule has 0 spiro atoms. The number of aromatic nitrogens is 1. The first-order valence-corrected chi connectivity index (χ1v) is 7.29. The van der Waals surface area contributed by atoms with Crippen LogP contribution in [-0.4, -0.2) is 21.2 Å². The van der Waals surface area contributed by atoms with Gasteiger partial charge in [0, 0.05) is 5.39 Å². The molecule has 0 saturated carbocycles. The molecule has 1 atom stereocenters. The van der Waals surface area contributed by atoms with Crippen LogP contribution in [0.5, 0.6) is 0 Å². The minimum atomic E-state index is -0.943. The number of fused-ring (bicyclic) bond motifs is 1. The Kier molecular flexibility index (Phi) is 4.54. The molecule has 116 valence electrons. The third kappa shape index (κ3) is 3.46. The van der Waals surface area contributed by atoms with Gasteiger partial charge in [0.05, 0.1) is 27.8 Å². The normalized spacial score (nSPS) is 13.7. The number of aliphatic hydroxyl groups excluding tert-OH is 1. The highest BCUT2D eigenvalue weighted by atomic mass is 35.5. The van der Waals surface area contributed by atoms with Crippen molar-refractivity contribution < 1.29 is 15.0 Å². The lowest BCUT2D eigenvalue weighted by molar-refractivity contribution is -0.144. The molecule has 4 nitrogen and oxygen atoms in total. The Morgan fingerprint density at radius 3 is 2.64 bits per heavy atom. The van der Waals surface area contributed by atoms with Crippen molar-refractivity contribution in [3.8, 4) is 0 Å². The SMILES string of the molecule is CC(O)c1cc(Cl)c2ccc(C=CC(C)(C)C(=O)O)cc2n1. The van der Waals surface area contributed by atoms with Crippen molar-refractivity contribution in [2.24, 2.45) is 5.41 Å². The molecule has 2 rings (SSSR count). The summed E-state index contributed by atoms with van der Waals surface area (Å²) in [5.41, 5.74) is 1.05. The second-order valence-corrected chi connectivity index (χ2v) is 6.25. The van der Waals surface area contributed by atoms with Gasteiger partial charge in [-0.3, -0.25) is 4.79 Å². The summed E-state index contributed by atoms with van der Waals surface area (Å²) in [6, 6.07) is 7.16. The van der Waals surface area contributed by atoms with Crippen molar-refractivity contribution in [1.82, 2.24) is 4.98 Å². The summed E-state index contributed by atoms with van der Waals surface area (Å²) in [7, 11) is 0. The number of benzene rings is 1. The van der Waals surface area contributed by atoms with Gasteiger partial charge in [-0.05, 0) is 38.5 Å². The van der Waals surface area contributed by atoms with E-state index in [1.165, 1.54) is 0 Å². The first-order valence-electron chi connectivity index (χ1n) is 6.91. The molecule has 0 bridgehead atoms. The largest absolute Gasteiger partial charge is 0.481 e. The van der Waals surface area contributed by atoms with Crippen molar-refractivity contribution in [3.63, 3.8) is 0 Å². The smallest absolute Gasteiger partial charge is 0.312 e. The van der Waals surface area contributed by atoms with E-state index in [0.29, 0.717) is 16.2 Å². The van der Waals surface area contributed by atoms with E-state index >= 15 is 0 Å². The maximum Gasteiger partial charge on any atom is 0.312 e. The van der Waals surface area contributed by atoms with Crippen molar-refractivity contribution >= 4 is 34.5 Å². The molecule has 1 aromatic heterocycles. The molecule has 0 saturated heterocycles. The molecule has 0 radical (unpaired) electrons. The molecule has 1 unspecified atom stereocenters. The molecule has 1 aromatic carbocycles. The van der Waals surface area contributed by atoms with Gasteiger partial charge in [0.15, 0.2) is 0 Å². The molecular weight excluding hydrogens is 302 g/mol. The Morgan fingerprint density at radius 2 is 2.05 bits per heavy atom. The van der Waals surface area contributed by atoms with E-state index in [2.05, 4.69) is 4.98 Å². The second kappa shape index (κ2) is 6.07. The van der Waals surface area contributed by atoms with E-state index in [1.807, 2.05) is 18.2 Å². The van der Waals surface area contributed by atoms with E-state index in [4.69, 9.17) is 16.7 Å². The van der Waals surface area contributed by atoms with Gasteiger partial charge in [0.2, 0.25) is 0 Å². The van der Waals surface area contributed by atoms with Gasteiger partial charge >= 0.3 is 5.97 Å². The lowest BCUT2D eigenvalue weighted by Gasteiger charge is -2.13. The summed E-state index contributed by atoms with van der Waals surface area (Å²) >= 11 is 6.20. The predicted octanol–water partition coefficient (Wildman–Crippen LogP) is 4.07. The Labute approximate surface area is 134 Å². The topological polar surface area (TPSA) is 70.4 Å². The Balaban J connectivity index is 2.46. The zero-order valence-electron chi connectivity index (χ0n) is 12.7. The summed E-state index contributed by atoms with van der Waals surface area (Å²) in [5.74, 6) is -0.887. The molecule has 0 amide bonds. The van der Waals surface area contributed by atoms with Crippen LogP contribution in [0.4, 0.5) is 0 Å². The number of carboxylic acids is 1. The fourth-order valence-electron chi connectivity index (χ4n) is 1.92. The van der Waals surface area contributed by atoms with Crippen molar-refractivity contribution in [3.05, 3.63) is 46.6 Å². The maximum atomic E-state index is 11.1. The Hall–Kier alpha value is -1.91. The molecule has 22 heavy (non-hydrogen) atoms. The molecule has 0 fully saturated rings. The van der Waals surface area contributed by atoms with Gasteiger partial charge in [-0.1, -0.05) is 35.9 Å². The Bertz CT molecular complexity index is 751. The van der Waals surface area contributed by atoms with Gasteiger partial charge < -0.3 is 10.2 Å². The van der Waals surface area contributed by atoms with Crippen molar-refractivity contribution in [2.75, 3.05) is 0 Å². The zero-order chi connectivity index (χ0) is 16.5. The van der Waals surface area contributed by atoms with Gasteiger partial charge in [0.25, 0.3) is 0 Å². The van der Waals surface area contributed by atoms with Crippen LogP contribution in [0.3, 0.4) is 0 Å². The highest BCUT2D eigenvalue weighted by Crippen LogP contribution is 2.27. The third-order valence-electron chi connectivity index (χ3n) is 3.47. The minimum Gasteiger partial charge on any atom is -0.481 e. The first kappa shape index (κ1) is 16.5. The Morgan fingerprint density at radius 1 is 1.36 bits per heavy atom. The predicted molar refractivity (Wildman–Crippen MR) is 87.8 cm³/mol. The van der Waals surface area contributed by atoms with Gasteiger partial charge in [-0.2, -0.15) is 0 Å². The number of nitrogens with zero attached hydrogens (tertiary/aromatic N) is 1. The number of rotatable bonds is 4. The van der Waals surface area contributed by atoms with Crippen LogP contribution in [0.2, 0.25) is 5.02 Å². The second-order valence-electron chi connectivity index (χ2n) is 5.84. The summed E-state index contributed by atoms with van der Waals surface area (Å²) in [6.07, 6.45) is 2.68. The molecule has 5 heteroatoms. The minimum absolute atomic E-state index is 0.504. The van der Waals surface area contributed by atoms with Crippen molar-refractivity contribution in [1.29, 1.82) is 0 Å². The summed E-state index contributed by atoms with van der Waals surface area (Å²) in [4.78, 5) is 15.5. The summed E-state index contributed by atoms with van der Waals surface area (Å²) in [6.45, 7) is 4.89. The fourth-order valence-corrected chi connectivity index (χ4v) is 2.19. The molecule has 2 N–H and O–H groups in total. The van der Waals surface area contributed by atoms with E-state index in [1.54, 1.807) is 39.0 Å². The van der Waals surface area contributed by atoms with E-state index in [0.717, 1.165) is 10.9 Å². The number of pyridine rings is 1. The third-order valence-corrected chi connectivity index (χ3v) is 3.79. The fraction of sp³-hybridized carbons (Fsp3) is 0.294. The molecular formula is C17H18ClNO3. The van der Waals surface area contributed by atoms with Crippen LogP contribution >= 0.6 is 11.6 Å². The summed E-state index contributed by atoms with van der Waals surface area (Å²) in [5, 5.41) is 20.1. The highest BCUT2D eigenvalue weighted by molar-refractivity contribution is 6.35. The average Bonchev–Trinajstić information content (AvgIpc) is 2.44. The lowest BCUT2D eigenvalue weighted by Crippen LogP contribution is -2.20. The molecule has 0 aliphatic heterocycles. The molecule has 2 aromatic rings. The standard InChI is InChI=1S/C17H18ClNO3/c1-10(20)14-9-13(18)12-5-4-11(8-15(12)19-14)6-7-17(2,3)16(21)22/h4-10,20H,1-3H3,(H,21,22). The summed E-state index contributed by atoms with van der Waals surface area (Å²) < 4.78 is 0. The number of aliphatic hydroxyl groups is 1. The van der Waals surface area contributed by atoms with Crippen LogP contribution in [-0.2, 0) is 4.79 Å². The van der Waals surface area contributed by atoms with Crippen LogP contribution in [0.1, 0.15) is 38.1 Å². The van der Waals surface area contributed by atoms with E-state index < -0.39 is 17.5 Å². The monoisotopic (exact) mass is 319 g/mol. The quantitative estimate of drug-likeness (QED) is 0.891. The van der Waals surface area contributed by atoms with E-state index in [9.17, 15) is 9.90 Å². The molecule has 0 aliphatic carbocycles. The number of hydrogen-bond acceptors (Lipinski definition) is 3. The van der Waals surface area contributed by atoms with Crippen LogP contribution in [0.15, 0.2) is 30.3 Å². The number of carboxylic acid groups (broad SMARTS) is 1. The number of carbonyl (C=O) groups is 1. The maximum absolute atomic E-state index is 11.1. The highest BCUT2D eigenvalue weighted by Gasteiger charge is 2.23. The van der Waals surface area contributed by atoms with Gasteiger partial charge in [-0.15, -0.1) is 0 Å². The lowest BCUT2D eigenvalue weighted by atomic mass is 9.92. The molecule has 0 aliphatic rings. The van der Waals surface area contributed by atoms with Gasteiger partial charge in [0.1, 0.15) is 0 Å². The number of aliphatic carboxylic acids is 1. The molecule has 1 heterocycles. The number of halogens is 1. The van der Waals surface area contributed by atoms with Crippen LogP contribution < -0.4 is 0 Å². The first-order chi connectivity index (χ1) is 10.2. The van der Waals surface area contributed by atoms with Gasteiger partial charge in [-0.25, -0.2) is 4.98 Å². The van der Waals surface area contributed by atoms with Crippen LogP contribution in [0.25, 0.3) is 17.0 Å². The van der Waals surface area contributed by atoms with Crippen LogP contribution in [0, 0.1) is 5.41 Å². The average molecular weight is 320 g/mol. The van der Waals surface area contributed by atoms with E-state index in [-0.39, 0.29) is 0 Å². The zero-order valence-corrected chi connectivity index (χ0v) is 13.4.